The summed E-state index contributed by atoms with van der Waals surface area (Å²) in [7, 11) is 0. The van der Waals surface area contributed by atoms with Crippen molar-refractivity contribution in [2.75, 3.05) is 0 Å². The van der Waals surface area contributed by atoms with Gasteiger partial charge in [0.2, 0.25) is 0 Å². The quantitative estimate of drug-likeness (QED) is 0.222. The van der Waals surface area contributed by atoms with E-state index in [1.807, 2.05) is 0 Å². The molecule has 0 spiro atoms. The van der Waals surface area contributed by atoms with Gasteiger partial charge in [0, 0.05) is 0 Å². The number of hydrogen-bond donors (Lipinski definition) is 1. The summed E-state index contributed by atoms with van der Waals surface area (Å²) in [5.74, 6) is 0. The Morgan fingerprint density at radius 2 is 1.38 bits per heavy atom. The molecule has 1 N–H and O–H groups in total. The van der Waals surface area contributed by atoms with Crippen LogP contribution < -0.4 is 0 Å². The monoisotopic (exact) mass is 301 g/mol. The molecule has 0 radical (unpaired) electrons. The first-order valence-electron chi connectivity index (χ1n) is 0.815. The maximum Gasteiger partial charge on any atom is 1.00 e. The van der Waals surface area contributed by atoms with Gasteiger partial charge in [0.25, 0.3) is 5.09 Å². The second-order valence-electron chi connectivity index (χ2n) is 0.238. The number of nitrogens with zero attached hydrogens (tertiary/aromatic N) is 1. The van der Waals surface area contributed by atoms with Gasteiger partial charge in [-0.25, -0.2) is 0 Å². The smallest absolute Gasteiger partial charge is 1.00 e. The second kappa shape index (κ2) is 26.9. The van der Waals surface area contributed by atoms with Crippen LogP contribution in [0.3, 0.4) is 0 Å². The molecule has 0 aliphatic rings. The molecule has 0 atom stereocenters. The van der Waals surface area contributed by atoms with Crippen molar-refractivity contribution in [3.8, 4) is 0 Å². The van der Waals surface area contributed by atoms with Crippen LogP contribution >= 0.6 is 0 Å². The van der Waals surface area contributed by atoms with E-state index in [0.29, 0.717) is 0 Å². The van der Waals surface area contributed by atoms with Gasteiger partial charge in [-0.2, -0.15) is 0 Å². The van der Waals surface area contributed by atoms with E-state index < -0.39 is 5.09 Å². The first-order valence-corrected chi connectivity index (χ1v) is 0.815. The minimum Gasteiger partial charge on any atom is -1.00 e. The summed E-state index contributed by atoms with van der Waals surface area (Å²) in [5.41, 5.74) is 0. The molecule has 0 amide bonds. The molecular formula is C2HAg2NO3. The average Bonchev–Trinajstić information content (AvgIpc) is 1.41. The van der Waals surface area contributed by atoms with E-state index in [0.717, 1.165) is 0 Å². The third-order valence-corrected chi connectivity index (χ3v) is 0. The summed E-state index contributed by atoms with van der Waals surface area (Å²) in [6.07, 6.45) is 10.0. The third-order valence-electron chi connectivity index (χ3n) is 0. The zero-order valence-electron chi connectivity index (χ0n) is 3.31. The van der Waals surface area contributed by atoms with E-state index in [-0.39, 0.29) is 44.8 Å². The number of hydrogen-bond acceptors (Lipinski definition) is 2. The first kappa shape index (κ1) is 24.0. The van der Waals surface area contributed by atoms with Crippen LogP contribution in [0.1, 0.15) is 0 Å². The Labute approximate surface area is 77.8 Å². The molecule has 4 nitrogen and oxygen atoms in total. The largest absolute Gasteiger partial charge is 1.00 e. The minimum absolute atomic E-state index is 0. The van der Waals surface area contributed by atoms with Gasteiger partial charge in [-0.05, 0) is 0 Å². The predicted octanol–water partition coefficient (Wildman–Crippen LogP) is -0.190. The summed E-state index contributed by atoms with van der Waals surface area (Å²) in [4.78, 5) is 8.36. The van der Waals surface area contributed by atoms with Crippen LogP contribution in [0.25, 0.3) is 0 Å². The summed E-state index contributed by atoms with van der Waals surface area (Å²) >= 11 is 0. The molecule has 0 aromatic rings. The van der Waals surface area contributed by atoms with E-state index in [1.54, 1.807) is 0 Å². The Bertz CT molecular complexity index is 59.5. The predicted molar refractivity (Wildman–Crippen MR) is 15.3 cm³/mol. The molecule has 54 valence electrons. The second-order valence-corrected chi connectivity index (χ2v) is 0.238. The zero-order chi connectivity index (χ0) is 5.58. The Kier molecular flexibility index (Phi) is 80.6. The fraction of sp³-hybridized carbons (Fsp3) is 0. The van der Waals surface area contributed by atoms with Gasteiger partial charge in [-0.15, -0.1) is 10.1 Å². The zero-order valence-corrected chi connectivity index (χ0v) is 6.28. The van der Waals surface area contributed by atoms with Crippen molar-refractivity contribution in [3.63, 3.8) is 0 Å². The minimum atomic E-state index is -1.50. The molecule has 0 bridgehead atoms. The van der Waals surface area contributed by atoms with Crippen LogP contribution in [0.2, 0.25) is 0 Å². The van der Waals surface area contributed by atoms with E-state index in [2.05, 4.69) is 0 Å². The van der Waals surface area contributed by atoms with Crippen molar-refractivity contribution >= 4 is 0 Å². The van der Waals surface area contributed by atoms with Crippen LogP contribution in [0.15, 0.2) is 0 Å². The SMILES string of the molecule is O=[N+]([O-])O.[Ag+].[Ag+].[C-]#[C-]. The Morgan fingerprint density at radius 1 is 1.38 bits per heavy atom. The molecular weight excluding hydrogens is 302 g/mol. The molecule has 0 fully saturated rings. The van der Waals surface area contributed by atoms with Crippen molar-refractivity contribution in [1.29, 1.82) is 0 Å². The van der Waals surface area contributed by atoms with Crippen LogP contribution in [-0.4, -0.2) is 10.3 Å². The van der Waals surface area contributed by atoms with Crippen LogP contribution in [0.5, 0.6) is 0 Å². The van der Waals surface area contributed by atoms with Gasteiger partial charge >= 0.3 is 44.8 Å². The molecule has 0 heterocycles. The van der Waals surface area contributed by atoms with Gasteiger partial charge in [0.15, 0.2) is 0 Å². The van der Waals surface area contributed by atoms with Crippen molar-refractivity contribution in [1.82, 2.24) is 0 Å². The topological polar surface area (TPSA) is 63.4 Å². The molecule has 0 unspecified atom stereocenters. The number of rotatable bonds is 0. The summed E-state index contributed by atoms with van der Waals surface area (Å²) in [6.45, 7) is 0. The van der Waals surface area contributed by atoms with Gasteiger partial charge in [-0.3, -0.25) is 0 Å². The van der Waals surface area contributed by atoms with Crippen molar-refractivity contribution in [2.24, 2.45) is 0 Å². The summed E-state index contributed by atoms with van der Waals surface area (Å²) in [5, 5.41) is 13.6. The third kappa shape index (κ3) is 2960. The summed E-state index contributed by atoms with van der Waals surface area (Å²) in [6, 6.07) is 0. The van der Waals surface area contributed by atoms with Gasteiger partial charge < -0.3 is 18.1 Å². The molecule has 0 saturated heterocycles. The van der Waals surface area contributed by atoms with Crippen molar-refractivity contribution < 1.29 is 55.1 Å². The van der Waals surface area contributed by atoms with Crippen molar-refractivity contribution in [3.05, 3.63) is 23.0 Å². The first-order chi connectivity index (χ1) is 2.73. The molecule has 0 aromatic carbocycles. The molecule has 0 aromatic heterocycles. The maximum absolute atomic E-state index is 8.36. The van der Waals surface area contributed by atoms with Crippen molar-refractivity contribution in [2.45, 2.75) is 0 Å². The molecule has 0 saturated carbocycles. The van der Waals surface area contributed by atoms with Gasteiger partial charge in [-0.1, -0.05) is 0 Å². The summed E-state index contributed by atoms with van der Waals surface area (Å²) < 4.78 is 0. The molecule has 0 aliphatic carbocycles. The molecule has 8 heavy (non-hydrogen) atoms. The van der Waals surface area contributed by atoms with E-state index in [4.69, 9.17) is 28.2 Å². The Hall–Kier alpha value is 0.241. The van der Waals surface area contributed by atoms with Gasteiger partial charge in [0.05, 0.1) is 0 Å². The van der Waals surface area contributed by atoms with Crippen LogP contribution in [0, 0.1) is 23.0 Å². The molecule has 0 rings (SSSR count). The molecule has 0 aliphatic heterocycles. The van der Waals surface area contributed by atoms with E-state index in [9.17, 15) is 0 Å². The van der Waals surface area contributed by atoms with Crippen LogP contribution in [-0.2, 0) is 44.8 Å². The Balaban J connectivity index is -0.0000000183. The molecule has 6 heteroatoms. The standard InChI is InChI=1S/C2.2Ag.HNO3/c1-2;;;2-1(3)4/h;;;(H,2,3,4)/q-2;2*+1;. The Morgan fingerprint density at radius 3 is 1.38 bits per heavy atom. The van der Waals surface area contributed by atoms with E-state index in [1.165, 1.54) is 0 Å². The van der Waals surface area contributed by atoms with E-state index >= 15 is 0 Å². The average molecular weight is 303 g/mol. The maximum atomic E-state index is 8.36. The fourth-order valence-corrected chi connectivity index (χ4v) is 0. The van der Waals surface area contributed by atoms with Crippen LogP contribution in [0.4, 0.5) is 0 Å². The fourth-order valence-electron chi connectivity index (χ4n) is 0. The van der Waals surface area contributed by atoms with Gasteiger partial charge in [0.1, 0.15) is 0 Å². The normalized spacial score (nSPS) is 3.25.